The summed E-state index contributed by atoms with van der Waals surface area (Å²) >= 11 is 0. The molecule has 0 bridgehead atoms. The molecule has 0 spiro atoms. The number of piperidine rings is 1. The third kappa shape index (κ3) is 3.42. The second kappa shape index (κ2) is 6.56. The first-order valence-corrected chi connectivity index (χ1v) is 7.63. The molecular weight excluding hydrogens is 274 g/mol. The number of hydrogen-bond donors (Lipinski definition) is 1. The SMILES string of the molecule is O=C1N[C@@H](Cc2ccccc2)C(=O)C[C@@H]1Cc1ccccc1. The van der Waals surface area contributed by atoms with Crippen molar-refractivity contribution in [3.8, 4) is 0 Å². The molecule has 0 saturated carbocycles. The summed E-state index contributed by atoms with van der Waals surface area (Å²) in [6, 6.07) is 19.3. The van der Waals surface area contributed by atoms with Gasteiger partial charge in [-0.1, -0.05) is 60.7 Å². The van der Waals surface area contributed by atoms with Gasteiger partial charge in [-0.3, -0.25) is 9.59 Å². The molecule has 1 fully saturated rings. The first-order chi connectivity index (χ1) is 10.7. The highest BCUT2D eigenvalue weighted by Crippen LogP contribution is 2.20. The predicted octanol–water partition coefficient (Wildman–Crippen LogP) is 2.55. The van der Waals surface area contributed by atoms with Crippen molar-refractivity contribution in [1.29, 1.82) is 0 Å². The van der Waals surface area contributed by atoms with Crippen molar-refractivity contribution in [3.05, 3.63) is 71.8 Å². The van der Waals surface area contributed by atoms with Gasteiger partial charge in [0, 0.05) is 12.3 Å². The van der Waals surface area contributed by atoms with Gasteiger partial charge in [-0.2, -0.15) is 0 Å². The molecule has 1 N–H and O–H groups in total. The number of nitrogens with one attached hydrogen (secondary N) is 1. The number of carbonyl (C=O) groups excluding carboxylic acids is 2. The average molecular weight is 293 g/mol. The maximum absolute atomic E-state index is 12.3. The van der Waals surface area contributed by atoms with Crippen molar-refractivity contribution in [2.45, 2.75) is 25.3 Å². The van der Waals surface area contributed by atoms with Crippen LogP contribution in [0.5, 0.6) is 0 Å². The molecule has 1 amide bonds. The number of rotatable bonds is 4. The van der Waals surface area contributed by atoms with Crippen LogP contribution >= 0.6 is 0 Å². The van der Waals surface area contributed by atoms with Gasteiger partial charge in [0.1, 0.15) is 0 Å². The molecule has 0 radical (unpaired) electrons. The number of carbonyl (C=O) groups is 2. The zero-order chi connectivity index (χ0) is 15.4. The number of ketones is 1. The lowest BCUT2D eigenvalue weighted by molar-refractivity contribution is -0.136. The van der Waals surface area contributed by atoms with Crippen LogP contribution in [0.4, 0.5) is 0 Å². The van der Waals surface area contributed by atoms with Crippen LogP contribution in [-0.2, 0) is 22.4 Å². The van der Waals surface area contributed by atoms with Gasteiger partial charge < -0.3 is 5.32 Å². The van der Waals surface area contributed by atoms with Gasteiger partial charge >= 0.3 is 0 Å². The molecule has 3 nitrogen and oxygen atoms in total. The van der Waals surface area contributed by atoms with Crippen LogP contribution in [0, 0.1) is 5.92 Å². The van der Waals surface area contributed by atoms with E-state index in [2.05, 4.69) is 5.32 Å². The third-order valence-corrected chi connectivity index (χ3v) is 4.13. The van der Waals surface area contributed by atoms with Crippen molar-refractivity contribution in [2.24, 2.45) is 5.92 Å². The average Bonchev–Trinajstić information content (AvgIpc) is 2.54. The summed E-state index contributed by atoms with van der Waals surface area (Å²) in [4.78, 5) is 24.6. The molecule has 22 heavy (non-hydrogen) atoms. The molecule has 0 aromatic heterocycles. The van der Waals surface area contributed by atoms with Gasteiger partial charge in [0.25, 0.3) is 0 Å². The van der Waals surface area contributed by atoms with Crippen LogP contribution in [0.15, 0.2) is 60.7 Å². The minimum Gasteiger partial charge on any atom is -0.346 e. The minimum atomic E-state index is -0.387. The van der Waals surface area contributed by atoms with Crippen LogP contribution in [0.1, 0.15) is 17.5 Å². The van der Waals surface area contributed by atoms with Gasteiger partial charge in [-0.25, -0.2) is 0 Å². The Morgan fingerprint density at radius 2 is 1.36 bits per heavy atom. The standard InChI is InChI=1S/C19H19NO2/c21-18-13-16(11-14-7-3-1-4-8-14)19(22)20-17(18)12-15-9-5-2-6-10-15/h1-10,16-17H,11-13H2,(H,20,22)/t16-,17-/m0/s1. The van der Waals surface area contributed by atoms with Crippen molar-refractivity contribution in [1.82, 2.24) is 5.32 Å². The molecule has 1 aliphatic heterocycles. The summed E-state index contributed by atoms with van der Waals surface area (Å²) in [5, 5.41) is 2.90. The van der Waals surface area contributed by atoms with Gasteiger partial charge in [-0.15, -0.1) is 0 Å². The quantitative estimate of drug-likeness (QED) is 0.941. The summed E-state index contributed by atoms with van der Waals surface area (Å²) in [6.07, 6.45) is 1.53. The van der Waals surface area contributed by atoms with Gasteiger partial charge in [0.15, 0.2) is 5.78 Å². The lowest BCUT2D eigenvalue weighted by Gasteiger charge is -2.28. The Bertz CT molecular complexity index is 592. The molecule has 112 valence electrons. The molecular formula is C19H19NO2. The van der Waals surface area contributed by atoms with E-state index in [1.165, 1.54) is 0 Å². The second-order valence-corrected chi connectivity index (χ2v) is 5.81. The molecule has 2 atom stereocenters. The number of amides is 1. The van der Waals surface area contributed by atoms with E-state index in [9.17, 15) is 9.59 Å². The minimum absolute atomic E-state index is 0.00983. The van der Waals surface area contributed by atoms with E-state index in [-0.39, 0.29) is 23.7 Å². The molecule has 1 aliphatic rings. The lowest BCUT2D eigenvalue weighted by atomic mass is 9.86. The maximum atomic E-state index is 12.3. The summed E-state index contributed by atoms with van der Waals surface area (Å²) in [6.45, 7) is 0. The molecule has 3 heteroatoms. The van der Waals surface area contributed by atoms with Crippen LogP contribution in [0.25, 0.3) is 0 Å². The fourth-order valence-corrected chi connectivity index (χ4v) is 2.93. The number of Topliss-reactive ketones (excluding diaryl/α,β-unsaturated/α-hetero) is 1. The topological polar surface area (TPSA) is 46.2 Å². The largest absolute Gasteiger partial charge is 0.346 e. The Balaban J connectivity index is 1.64. The molecule has 0 unspecified atom stereocenters. The number of benzene rings is 2. The highest BCUT2D eigenvalue weighted by Gasteiger charge is 2.34. The van der Waals surface area contributed by atoms with Crippen LogP contribution in [-0.4, -0.2) is 17.7 Å². The Kier molecular flexibility index (Phi) is 4.33. The number of hydrogen-bond acceptors (Lipinski definition) is 2. The van der Waals surface area contributed by atoms with E-state index in [1.807, 2.05) is 60.7 Å². The normalized spacial score (nSPS) is 21.5. The first kappa shape index (κ1) is 14.5. The third-order valence-electron chi connectivity index (χ3n) is 4.13. The van der Waals surface area contributed by atoms with Crippen molar-refractivity contribution >= 4 is 11.7 Å². The van der Waals surface area contributed by atoms with E-state index >= 15 is 0 Å². The molecule has 1 saturated heterocycles. The van der Waals surface area contributed by atoms with E-state index < -0.39 is 0 Å². The van der Waals surface area contributed by atoms with Crippen molar-refractivity contribution in [3.63, 3.8) is 0 Å². The van der Waals surface area contributed by atoms with E-state index in [1.54, 1.807) is 0 Å². The fraction of sp³-hybridized carbons (Fsp3) is 0.263. The van der Waals surface area contributed by atoms with Gasteiger partial charge in [-0.05, 0) is 24.0 Å². The molecule has 3 rings (SSSR count). The molecule has 1 heterocycles. The van der Waals surface area contributed by atoms with Crippen molar-refractivity contribution in [2.75, 3.05) is 0 Å². The Morgan fingerprint density at radius 3 is 1.95 bits per heavy atom. The maximum Gasteiger partial charge on any atom is 0.224 e. The zero-order valence-electron chi connectivity index (χ0n) is 12.4. The highest BCUT2D eigenvalue weighted by atomic mass is 16.2. The molecule has 2 aromatic rings. The van der Waals surface area contributed by atoms with Crippen molar-refractivity contribution < 1.29 is 9.59 Å². The monoisotopic (exact) mass is 293 g/mol. The first-order valence-electron chi connectivity index (χ1n) is 7.63. The van der Waals surface area contributed by atoms with E-state index in [0.29, 0.717) is 19.3 Å². The second-order valence-electron chi connectivity index (χ2n) is 5.81. The summed E-state index contributed by atoms with van der Waals surface area (Å²) in [5.74, 6) is -0.129. The molecule has 0 aliphatic carbocycles. The van der Waals surface area contributed by atoms with E-state index in [0.717, 1.165) is 11.1 Å². The Morgan fingerprint density at radius 1 is 0.818 bits per heavy atom. The van der Waals surface area contributed by atoms with Crippen LogP contribution in [0.3, 0.4) is 0 Å². The summed E-state index contributed by atoms with van der Waals surface area (Å²) in [5.41, 5.74) is 2.17. The van der Waals surface area contributed by atoms with E-state index in [4.69, 9.17) is 0 Å². The Hall–Kier alpha value is -2.42. The summed E-state index contributed by atoms with van der Waals surface area (Å²) in [7, 11) is 0. The smallest absolute Gasteiger partial charge is 0.224 e. The zero-order valence-corrected chi connectivity index (χ0v) is 12.4. The van der Waals surface area contributed by atoms with Crippen LogP contribution in [0.2, 0.25) is 0 Å². The predicted molar refractivity (Wildman–Crippen MR) is 85.3 cm³/mol. The lowest BCUT2D eigenvalue weighted by Crippen LogP contribution is -2.51. The van der Waals surface area contributed by atoms with Gasteiger partial charge in [0.05, 0.1) is 6.04 Å². The molecule has 2 aromatic carbocycles. The fourth-order valence-electron chi connectivity index (χ4n) is 2.93. The highest BCUT2D eigenvalue weighted by molar-refractivity contribution is 5.97. The summed E-state index contributed by atoms with van der Waals surface area (Å²) < 4.78 is 0. The van der Waals surface area contributed by atoms with Crippen LogP contribution < -0.4 is 5.32 Å². The van der Waals surface area contributed by atoms with Gasteiger partial charge in [0.2, 0.25) is 5.91 Å². The Labute approximate surface area is 130 Å².